The van der Waals surface area contributed by atoms with E-state index in [1.165, 1.54) is 4.88 Å². The van der Waals surface area contributed by atoms with Gasteiger partial charge in [0.15, 0.2) is 0 Å². The van der Waals surface area contributed by atoms with Crippen molar-refractivity contribution in [1.29, 1.82) is 0 Å². The van der Waals surface area contributed by atoms with Gasteiger partial charge in [0.05, 0.1) is 6.42 Å². The summed E-state index contributed by atoms with van der Waals surface area (Å²) in [6.45, 7) is 3.15. The van der Waals surface area contributed by atoms with Crippen molar-refractivity contribution in [2.45, 2.75) is 19.9 Å². The molecular formula is C8H12N2O2S. The summed E-state index contributed by atoms with van der Waals surface area (Å²) in [7, 11) is 0. The normalized spacial score (nSPS) is 10.2. The van der Waals surface area contributed by atoms with Crippen LogP contribution in [-0.4, -0.2) is 22.6 Å². The molecule has 1 rings (SSSR count). The summed E-state index contributed by atoms with van der Waals surface area (Å²) >= 11 is 1.63. The summed E-state index contributed by atoms with van der Waals surface area (Å²) in [6, 6.07) is 0. The first-order valence-corrected chi connectivity index (χ1v) is 4.84. The van der Waals surface area contributed by atoms with Crippen molar-refractivity contribution in [3.8, 4) is 0 Å². The molecule has 1 aromatic rings. The number of carboxylic acid groups (broad SMARTS) is 1. The van der Waals surface area contributed by atoms with Gasteiger partial charge in [-0.05, 0) is 6.92 Å². The van der Waals surface area contributed by atoms with Crippen molar-refractivity contribution in [2.75, 3.05) is 6.54 Å². The Bertz CT molecular complexity index is 285. The Morgan fingerprint density at radius 2 is 2.54 bits per heavy atom. The van der Waals surface area contributed by atoms with Gasteiger partial charge in [-0.25, -0.2) is 4.98 Å². The number of rotatable bonds is 5. The Morgan fingerprint density at radius 1 is 1.77 bits per heavy atom. The van der Waals surface area contributed by atoms with Gasteiger partial charge < -0.3 is 10.4 Å². The Hall–Kier alpha value is -0.940. The van der Waals surface area contributed by atoms with Crippen LogP contribution in [0.25, 0.3) is 0 Å². The van der Waals surface area contributed by atoms with E-state index in [-0.39, 0.29) is 6.42 Å². The maximum Gasteiger partial charge on any atom is 0.304 e. The first kappa shape index (κ1) is 10.1. The van der Waals surface area contributed by atoms with E-state index < -0.39 is 5.97 Å². The standard InChI is InChI=1S/C8H12N2O2S/c1-6-4-10-7(13-6)5-9-3-2-8(11)12/h4,9H,2-3,5H2,1H3,(H,11,12). The smallest absolute Gasteiger partial charge is 0.304 e. The van der Waals surface area contributed by atoms with E-state index in [1.807, 2.05) is 13.1 Å². The average Bonchev–Trinajstić information content (AvgIpc) is 2.45. The Morgan fingerprint density at radius 3 is 3.08 bits per heavy atom. The van der Waals surface area contributed by atoms with E-state index in [1.54, 1.807) is 11.3 Å². The molecule has 0 amide bonds. The molecule has 0 saturated heterocycles. The molecule has 0 aromatic carbocycles. The Balaban J connectivity index is 2.16. The van der Waals surface area contributed by atoms with E-state index in [4.69, 9.17) is 5.11 Å². The summed E-state index contributed by atoms with van der Waals surface area (Å²) in [4.78, 5) is 15.5. The number of aryl methyl sites for hydroxylation is 1. The van der Waals surface area contributed by atoms with Crippen molar-refractivity contribution in [3.05, 3.63) is 16.1 Å². The molecule has 0 bridgehead atoms. The second-order valence-electron chi connectivity index (χ2n) is 2.69. The molecule has 0 saturated carbocycles. The van der Waals surface area contributed by atoms with Crippen molar-refractivity contribution >= 4 is 17.3 Å². The van der Waals surface area contributed by atoms with Crippen LogP contribution in [0.15, 0.2) is 6.20 Å². The van der Waals surface area contributed by atoms with Gasteiger partial charge in [0, 0.05) is 24.2 Å². The highest BCUT2D eigenvalue weighted by Gasteiger charge is 1.99. The number of carboxylic acids is 1. The van der Waals surface area contributed by atoms with Gasteiger partial charge in [-0.2, -0.15) is 0 Å². The number of aliphatic carboxylic acids is 1. The average molecular weight is 200 g/mol. The van der Waals surface area contributed by atoms with E-state index in [9.17, 15) is 4.79 Å². The fourth-order valence-electron chi connectivity index (χ4n) is 0.874. The van der Waals surface area contributed by atoms with Crippen molar-refractivity contribution in [2.24, 2.45) is 0 Å². The Labute approximate surface area is 80.6 Å². The van der Waals surface area contributed by atoms with Crippen LogP contribution in [0.4, 0.5) is 0 Å². The van der Waals surface area contributed by atoms with Gasteiger partial charge in [-0.15, -0.1) is 11.3 Å². The molecule has 2 N–H and O–H groups in total. The lowest BCUT2D eigenvalue weighted by Gasteiger charge is -1.98. The summed E-state index contributed by atoms with van der Waals surface area (Å²) in [6.07, 6.45) is 1.98. The number of hydrogen-bond acceptors (Lipinski definition) is 4. The number of thiazole rings is 1. The molecule has 0 aliphatic rings. The number of carbonyl (C=O) groups is 1. The third-order valence-electron chi connectivity index (χ3n) is 1.46. The summed E-state index contributed by atoms with van der Waals surface area (Å²) in [5.41, 5.74) is 0. The van der Waals surface area contributed by atoms with Gasteiger partial charge in [0.1, 0.15) is 5.01 Å². The quantitative estimate of drug-likeness (QED) is 0.696. The number of hydrogen-bond donors (Lipinski definition) is 2. The molecular weight excluding hydrogens is 188 g/mol. The molecule has 4 nitrogen and oxygen atoms in total. The van der Waals surface area contributed by atoms with Crippen LogP contribution < -0.4 is 5.32 Å². The molecule has 0 fully saturated rings. The highest BCUT2D eigenvalue weighted by Crippen LogP contribution is 2.10. The van der Waals surface area contributed by atoms with Crippen LogP contribution >= 0.6 is 11.3 Å². The lowest BCUT2D eigenvalue weighted by molar-refractivity contribution is -0.136. The minimum absolute atomic E-state index is 0.157. The summed E-state index contributed by atoms with van der Waals surface area (Å²) in [5, 5.41) is 12.4. The van der Waals surface area contributed by atoms with Crippen LogP contribution in [0.3, 0.4) is 0 Å². The van der Waals surface area contributed by atoms with Crippen LogP contribution in [0, 0.1) is 6.92 Å². The van der Waals surface area contributed by atoms with Crippen molar-refractivity contribution in [1.82, 2.24) is 10.3 Å². The fraction of sp³-hybridized carbons (Fsp3) is 0.500. The largest absolute Gasteiger partial charge is 0.481 e. The second-order valence-corrected chi connectivity index (χ2v) is 4.00. The number of nitrogens with one attached hydrogen (secondary N) is 1. The molecule has 0 spiro atoms. The monoisotopic (exact) mass is 200 g/mol. The molecule has 72 valence electrons. The fourth-order valence-corrected chi connectivity index (χ4v) is 1.63. The SMILES string of the molecule is Cc1cnc(CNCCC(=O)O)s1. The zero-order valence-electron chi connectivity index (χ0n) is 7.41. The van der Waals surface area contributed by atoms with Crippen LogP contribution in [0.1, 0.15) is 16.3 Å². The maximum atomic E-state index is 10.2. The summed E-state index contributed by atoms with van der Waals surface area (Å²) < 4.78 is 0. The molecule has 0 unspecified atom stereocenters. The van der Waals surface area contributed by atoms with Gasteiger partial charge >= 0.3 is 5.97 Å². The molecule has 1 aromatic heterocycles. The van der Waals surface area contributed by atoms with E-state index >= 15 is 0 Å². The molecule has 13 heavy (non-hydrogen) atoms. The Kier molecular flexibility index (Phi) is 3.85. The zero-order valence-corrected chi connectivity index (χ0v) is 8.23. The van der Waals surface area contributed by atoms with Crippen LogP contribution in [-0.2, 0) is 11.3 Å². The lowest BCUT2D eigenvalue weighted by Crippen LogP contribution is -2.17. The molecule has 0 aliphatic heterocycles. The van der Waals surface area contributed by atoms with E-state index in [0.29, 0.717) is 13.1 Å². The zero-order chi connectivity index (χ0) is 9.68. The van der Waals surface area contributed by atoms with Crippen molar-refractivity contribution in [3.63, 3.8) is 0 Å². The molecule has 0 aliphatic carbocycles. The van der Waals surface area contributed by atoms with E-state index in [2.05, 4.69) is 10.3 Å². The minimum atomic E-state index is -0.775. The predicted octanol–water partition coefficient (Wildman–Crippen LogP) is 1.02. The highest BCUT2D eigenvalue weighted by molar-refractivity contribution is 7.11. The topological polar surface area (TPSA) is 62.2 Å². The third kappa shape index (κ3) is 4.00. The van der Waals surface area contributed by atoms with E-state index in [0.717, 1.165) is 5.01 Å². The second kappa shape index (κ2) is 4.94. The maximum absolute atomic E-state index is 10.2. The first-order chi connectivity index (χ1) is 6.18. The third-order valence-corrected chi connectivity index (χ3v) is 2.37. The first-order valence-electron chi connectivity index (χ1n) is 4.02. The number of aromatic nitrogens is 1. The summed E-state index contributed by atoms with van der Waals surface area (Å²) in [5.74, 6) is -0.775. The van der Waals surface area contributed by atoms with Gasteiger partial charge in [-0.3, -0.25) is 4.79 Å². The predicted molar refractivity (Wildman–Crippen MR) is 50.8 cm³/mol. The van der Waals surface area contributed by atoms with Crippen LogP contribution in [0.2, 0.25) is 0 Å². The van der Waals surface area contributed by atoms with Crippen LogP contribution in [0.5, 0.6) is 0 Å². The van der Waals surface area contributed by atoms with Crippen molar-refractivity contribution < 1.29 is 9.90 Å². The molecule has 0 atom stereocenters. The lowest BCUT2D eigenvalue weighted by atomic mass is 10.4. The number of nitrogens with zero attached hydrogens (tertiary/aromatic N) is 1. The molecule has 5 heteroatoms. The highest BCUT2D eigenvalue weighted by atomic mass is 32.1. The van der Waals surface area contributed by atoms with Gasteiger partial charge in [0.2, 0.25) is 0 Å². The molecule has 1 heterocycles. The molecule has 0 radical (unpaired) electrons. The minimum Gasteiger partial charge on any atom is -0.481 e. The van der Waals surface area contributed by atoms with Gasteiger partial charge in [0.25, 0.3) is 0 Å². The van der Waals surface area contributed by atoms with Gasteiger partial charge in [-0.1, -0.05) is 0 Å².